The Morgan fingerprint density at radius 3 is 2.60 bits per heavy atom. The molecule has 2 atom stereocenters. The smallest absolute Gasteiger partial charge is 0.170 e. The van der Waals surface area contributed by atoms with E-state index in [0.29, 0.717) is 28.7 Å². The molecular formula is C15H19ClO4. The Morgan fingerprint density at radius 1 is 1.35 bits per heavy atom. The average Bonchev–Trinajstić information content (AvgIpc) is 2.94. The first-order valence-corrected chi connectivity index (χ1v) is 7.07. The number of carbonyl (C=O) groups is 1. The largest absolute Gasteiger partial charge is 0.493 e. The van der Waals surface area contributed by atoms with E-state index in [-0.39, 0.29) is 17.8 Å². The van der Waals surface area contributed by atoms with E-state index in [4.69, 9.17) is 25.8 Å². The molecule has 1 heterocycles. The number of hydrogen-bond acceptors (Lipinski definition) is 4. The highest BCUT2D eigenvalue weighted by Gasteiger charge is 2.34. The van der Waals surface area contributed by atoms with Crippen molar-refractivity contribution >= 4 is 17.4 Å². The van der Waals surface area contributed by atoms with Gasteiger partial charge in [0.15, 0.2) is 17.3 Å². The van der Waals surface area contributed by atoms with Crippen LogP contribution >= 0.6 is 11.6 Å². The Balaban J connectivity index is 2.34. The second-order valence-corrected chi connectivity index (χ2v) is 5.17. The second kappa shape index (κ2) is 6.46. The van der Waals surface area contributed by atoms with Crippen LogP contribution in [0.1, 0.15) is 30.1 Å². The van der Waals surface area contributed by atoms with Crippen molar-refractivity contribution in [2.24, 2.45) is 5.92 Å². The van der Waals surface area contributed by atoms with Gasteiger partial charge in [0, 0.05) is 18.2 Å². The average molecular weight is 299 g/mol. The van der Waals surface area contributed by atoms with Gasteiger partial charge < -0.3 is 14.2 Å². The number of carbonyl (C=O) groups excluding carboxylic acids is 1. The van der Waals surface area contributed by atoms with Crippen molar-refractivity contribution in [2.75, 3.05) is 20.8 Å². The summed E-state index contributed by atoms with van der Waals surface area (Å²) in [5.74, 6) is 0.909. The molecule has 1 saturated heterocycles. The molecule has 110 valence electrons. The predicted octanol–water partition coefficient (Wildman–Crippen LogP) is 3.36. The molecule has 1 aliphatic heterocycles. The maximum Gasteiger partial charge on any atom is 0.170 e. The molecular weight excluding hydrogens is 280 g/mol. The quantitative estimate of drug-likeness (QED) is 0.782. The number of ether oxygens (including phenoxy) is 3. The SMILES string of the molecule is CCC1OCCC1C(=O)c1cc(OC)c(OC)cc1Cl. The van der Waals surface area contributed by atoms with E-state index in [0.717, 1.165) is 12.8 Å². The summed E-state index contributed by atoms with van der Waals surface area (Å²) in [6.45, 7) is 2.65. The van der Waals surface area contributed by atoms with Gasteiger partial charge in [0.2, 0.25) is 0 Å². The van der Waals surface area contributed by atoms with E-state index in [1.54, 1.807) is 12.1 Å². The summed E-state index contributed by atoms with van der Waals surface area (Å²) in [6.07, 6.45) is 1.54. The lowest BCUT2D eigenvalue weighted by Crippen LogP contribution is -2.24. The van der Waals surface area contributed by atoms with Crippen LogP contribution in [0, 0.1) is 5.92 Å². The lowest BCUT2D eigenvalue weighted by atomic mass is 9.90. The maximum absolute atomic E-state index is 12.6. The van der Waals surface area contributed by atoms with E-state index < -0.39 is 0 Å². The fraction of sp³-hybridized carbons (Fsp3) is 0.533. The molecule has 20 heavy (non-hydrogen) atoms. The van der Waals surface area contributed by atoms with E-state index in [2.05, 4.69) is 0 Å². The molecule has 1 aromatic rings. The molecule has 1 aromatic carbocycles. The fourth-order valence-corrected chi connectivity index (χ4v) is 2.84. The fourth-order valence-electron chi connectivity index (χ4n) is 2.59. The summed E-state index contributed by atoms with van der Waals surface area (Å²) in [6, 6.07) is 3.26. The van der Waals surface area contributed by atoms with Crippen LogP contribution in [-0.4, -0.2) is 32.7 Å². The van der Waals surface area contributed by atoms with Gasteiger partial charge >= 0.3 is 0 Å². The minimum absolute atomic E-state index is 0.0142. The van der Waals surface area contributed by atoms with Gasteiger partial charge in [0.05, 0.1) is 31.3 Å². The van der Waals surface area contributed by atoms with Crippen LogP contribution in [0.15, 0.2) is 12.1 Å². The first-order chi connectivity index (χ1) is 9.62. The third-order valence-corrected chi connectivity index (χ3v) is 4.00. The number of halogens is 1. The summed E-state index contributed by atoms with van der Waals surface area (Å²) < 4.78 is 16.0. The molecule has 0 spiro atoms. The molecule has 0 aromatic heterocycles. The van der Waals surface area contributed by atoms with Crippen LogP contribution < -0.4 is 9.47 Å². The van der Waals surface area contributed by atoms with Gasteiger partial charge in [0.1, 0.15) is 0 Å². The second-order valence-electron chi connectivity index (χ2n) is 4.76. The van der Waals surface area contributed by atoms with Gasteiger partial charge in [-0.3, -0.25) is 4.79 Å². The topological polar surface area (TPSA) is 44.8 Å². The van der Waals surface area contributed by atoms with Crippen molar-refractivity contribution in [3.05, 3.63) is 22.7 Å². The summed E-state index contributed by atoms with van der Waals surface area (Å²) in [5, 5.41) is 0.384. The van der Waals surface area contributed by atoms with Gasteiger partial charge in [-0.2, -0.15) is 0 Å². The minimum Gasteiger partial charge on any atom is -0.493 e. The van der Waals surface area contributed by atoms with Gasteiger partial charge in [-0.25, -0.2) is 0 Å². The van der Waals surface area contributed by atoms with Crippen LogP contribution in [0.25, 0.3) is 0 Å². The van der Waals surface area contributed by atoms with Gasteiger partial charge in [-0.1, -0.05) is 18.5 Å². The van der Waals surface area contributed by atoms with Gasteiger partial charge in [0.25, 0.3) is 0 Å². The Morgan fingerprint density at radius 2 is 2.00 bits per heavy atom. The molecule has 0 aliphatic carbocycles. The van der Waals surface area contributed by atoms with Crippen molar-refractivity contribution < 1.29 is 19.0 Å². The monoisotopic (exact) mass is 298 g/mol. The lowest BCUT2D eigenvalue weighted by Gasteiger charge is -2.17. The molecule has 0 N–H and O–H groups in total. The highest BCUT2D eigenvalue weighted by Crippen LogP contribution is 2.36. The molecule has 4 nitrogen and oxygen atoms in total. The summed E-state index contributed by atoms with van der Waals surface area (Å²) in [7, 11) is 3.07. The molecule has 0 amide bonds. The zero-order valence-corrected chi connectivity index (χ0v) is 12.7. The van der Waals surface area contributed by atoms with Crippen molar-refractivity contribution in [1.82, 2.24) is 0 Å². The van der Waals surface area contributed by atoms with Crippen LogP contribution in [0.4, 0.5) is 0 Å². The van der Waals surface area contributed by atoms with Crippen molar-refractivity contribution in [3.8, 4) is 11.5 Å². The van der Waals surface area contributed by atoms with E-state index in [1.165, 1.54) is 14.2 Å². The summed E-state index contributed by atoms with van der Waals surface area (Å²) in [5.41, 5.74) is 0.471. The molecule has 2 unspecified atom stereocenters. The van der Waals surface area contributed by atoms with Crippen LogP contribution in [0.3, 0.4) is 0 Å². The number of ketones is 1. The first-order valence-electron chi connectivity index (χ1n) is 6.69. The maximum atomic E-state index is 12.6. The highest BCUT2D eigenvalue weighted by atomic mass is 35.5. The Hall–Kier alpha value is -1.26. The molecule has 1 aliphatic rings. The normalized spacial score (nSPS) is 21.8. The molecule has 0 radical (unpaired) electrons. The number of Topliss-reactive ketones (excluding diaryl/α,β-unsaturated/α-hetero) is 1. The standard InChI is InChI=1S/C15H19ClO4/c1-4-12-9(5-6-20-12)15(17)10-7-13(18-2)14(19-3)8-11(10)16/h7-9,12H,4-6H2,1-3H3. The molecule has 0 saturated carbocycles. The summed E-state index contributed by atoms with van der Waals surface area (Å²) >= 11 is 6.20. The van der Waals surface area contributed by atoms with E-state index >= 15 is 0 Å². The number of benzene rings is 1. The summed E-state index contributed by atoms with van der Waals surface area (Å²) in [4.78, 5) is 12.6. The van der Waals surface area contributed by atoms with Crippen LogP contribution in [-0.2, 0) is 4.74 Å². The van der Waals surface area contributed by atoms with Gasteiger partial charge in [-0.15, -0.1) is 0 Å². The van der Waals surface area contributed by atoms with E-state index in [9.17, 15) is 4.79 Å². The van der Waals surface area contributed by atoms with Crippen molar-refractivity contribution in [3.63, 3.8) is 0 Å². The molecule has 2 rings (SSSR count). The predicted molar refractivity (Wildman–Crippen MR) is 77.0 cm³/mol. The highest BCUT2D eigenvalue weighted by molar-refractivity contribution is 6.34. The van der Waals surface area contributed by atoms with Crippen LogP contribution in [0.2, 0.25) is 5.02 Å². The lowest BCUT2D eigenvalue weighted by molar-refractivity contribution is 0.0689. The third-order valence-electron chi connectivity index (χ3n) is 3.69. The Labute approximate surface area is 124 Å². The zero-order chi connectivity index (χ0) is 14.7. The number of methoxy groups -OCH3 is 2. The molecule has 1 fully saturated rings. The zero-order valence-electron chi connectivity index (χ0n) is 11.9. The molecule has 5 heteroatoms. The number of hydrogen-bond donors (Lipinski definition) is 0. The van der Waals surface area contributed by atoms with Crippen LogP contribution in [0.5, 0.6) is 11.5 Å². The van der Waals surface area contributed by atoms with Crippen molar-refractivity contribution in [2.45, 2.75) is 25.9 Å². The van der Waals surface area contributed by atoms with E-state index in [1.807, 2.05) is 6.92 Å². The number of rotatable bonds is 5. The third kappa shape index (κ3) is 2.76. The Kier molecular flexibility index (Phi) is 4.89. The van der Waals surface area contributed by atoms with Gasteiger partial charge in [-0.05, 0) is 18.9 Å². The molecule has 0 bridgehead atoms. The first kappa shape index (κ1) is 15.1. The van der Waals surface area contributed by atoms with Crippen molar-refractivity contribution in [1.29, 1.82) is 0 Å². The Bertz CT molecular complexity index is 501. The minimum atomic E-state index is -0.129.